The van der Waals surface area contributed by atoms with Crippen LogP contribution in [0, 0.1) is 13.8 Å². The lowest BCUT2D eigenvalue weighted by Crippen LogP contribution is -2.29. The molecule has 0 bridgehead atoms. The Morgan fingerprint density at radius 2 is 1.75 bits per heavy atom. The fraction of sp³-hybridized carbons (Fsp3) is 0.160. The minimum atomic E-state index is -0.845. The number of aromatic nitrogens is 1. The van der Waals surface area contributed by atoms with Gasteiger partial charge >= 0.3 is 0 Å². The Morgan fingerprint density at radius 3 is 2.41 bits per heavy atom. The number of ketones is 1. The predicted molar refractivity (Wildman–Crippen MR) is 123 cm³/mol. The molecule has 1 aliphatic heterocycles. The number of anilines is 1. The number of hydrogen-bond donors (Lipinski definition) is 1. The number of Topliss-reactive ketones (excluding diaryl/α,β-unsaturated/α-hetero) is 1. The first-order chi connectivity index (χ1) is 15.3. The van der Waals surface area contributed by atoms with Gasteiger partial charge in [0.1, 0.15) is 11.5 Å². The number of aryl methyl sites for hydroxylation is 2. The van der Waals surface area contributed by atoms with Crippen molar-refractivity contribution in [1.29, 1.82) is 0 Å². The van der Waals surface area contributed by atoms with Crippen LogP contribution in [0.25, 0.3) is 5.76 Å². The highest BCUT2D eigenvalue weighted by molar-refractivity contribution is 6.52. The molecule has 1 aromatic heterocycles. The molecule has 0 aliphatic carbocycles. The van der Waals surface area contributed by atoms with E-state index in [1.807, 2.05) is 26.0 Å². The summed E-state index contributed by atoms with van der Waals surface area (Å²) in [6, 6.07) is 12.9. The molecule has 1 atom stereocenters. The van der Waals surface area contributed by atoms with Gasteiger partial charge in [0.15, 0.2) is 0 Å². The van der Waals surface area contributed by atoms with Crippen molar-refractivity contribution >= 4 is 34.7 Å². The number of aliphatic hydroxyl groups excluding tert-OH is 1. The Morgan fingerprint density at radius 1 is 1.03 bits per heavy atom. The fourth-order valence-electron chi connectivity index (χ4n) is 3.79. The molecule has 3 aromatic rings. The normalized spacial score (nSPS) is 17.6. The maximum Gasteiger partial charge on any atom is 0.300 e. The van der Waals surface area contributed by atoms with Crippen LogP contribution in [0.1, 0.15) is 28.3 Å². The zero-order valence-corrected chi connectivity index (χ0v) is 18.6. The number of benzene rings is 2. The highest BCUT2D eigenvalue weighted by atomic mass is 35.5. The summed E-state index contributed by atoms with van der Waals surface area (Å²) < 4.78 is 5.23. The Balaban J connectivity index is 1.97. The summed E-state index contributed by atoms with van der Waals surface area (Å²) in [6.07, 6.45) is 3.16. The smallest absolute Gasteiger partial charge is 0.300 e. The van der Waals surface area contributed by atoms with Gasteiger partial charge < -0.3 is 9.84 Å². The summed E-state index contributed by atoms with van der Waals surface area (Å²) in [7, 11) is 1.49. The minimum Gasteiger partial charge on any atom is -0.507 e. The van der Waals surface area contributed by atoms with Gasteiger partial charge in [0, 0.05) is 23.6 Å². The van der Waals surface area contributed by atoms with Gasteiger partial charge in [-0.15, -0.1) is 0 Å². The highest BCUT2D eigenvalue weighted by Gasteiger charge is 2.47. The summed E-state index contributed by atoms with van der Waals surface area (Å²) in [5.74, 6) is -1.42. The molecule has 1 N–H and O–H groups in total. The second-order valence-electron chi connectivity index (χ2n) is 7.56. The number of methoxy groups -OCH3 is 1. The number of rotatable bonds is 4. The molecule has 32 heavy (non-hydrogen) atoms. The van der Waals surface area contributed by atoms with Crippen LogP contribution in [0.3, 0.4) is 0 Å². The average molecular weight is 449 g/mol. The number of hydrogen-bond acceptors (Lipinski definition) is 5. The quantitative estimate of drug-likeness (QED) is 0.345. The van der Waals surface area contributed by atoms with E-state index in [2.05, 4.69) is 4.98 Å². The van der Waals surface area contributed by atoms with E-state index in [0.717, 1.165) is 11.1 Å². The van der Waals surface area contributed by atoms with Crippen molar-refractivity contribution in [3.63, 3.8) is 0 Å². The molecule has 1 unspecified atom stereocenters. The first kappa shape index (κ1) is 21.6. The standard InChI is InChI=1S/C25H21ClN2O4/c1-14-4-5-17(12-15(14)2)28-22(16-8-10-27-11-9-16)21(24(30)25(28)31)23(29)19-13-18(32-3)6-7-20(19)26/h4-13,22,29H,1-3H3/b23-21+. The van der Waals surface area contributed by atoms with Gasteiger partial charge in [-0.05, 0) is 73.0 Å². The van der Waals surface area contributed by atoms with Crippen molar-refractivity contribution in [2.24, 2.45) is 0 Å². The molecular formula is C25H21ClN2O4. The summed E-state index contributed by atoms with van der Waals surface area (Å²) in [6.45, 7) is 3.91. The third-order valence-corrected chi connectivity index (χ3v) is 5.99. The lowest BCUT2D eigenvalue weighted by molar-refractivity contribution is -0.132. The zero-order chi connectivity index (χ0) is 23.0. The van der Waals surface area contributed by atoms with E-state index >= 15 is 0 Å². The molecule has 2 aromatic carbocycles. The molecule has 1 aliphatic rings. The van der Waals surface area contributed by atoms with Gasteiger partial charge in [0.05, 0.1) is 23.7 Å². The molecule has 1 fully saturated rings. The Hall–Kier alpha value is -3.64. The van der Waals surface area contributed by atoms with Gasteiger partial charge in [-0.3, -0.25) is 19.5 Å². The van der Waals surface area contributed by atoms with E-state index in [4.69, 9.17) is 16.3 Å². The first-order valence-corrected chi connectivity index (χ1v) is 10.3. The molecule has 162 valence electrons. The Kier molecular flexibility index (Phi) is 5.72. The highest BCUT2D eigenvalue weighted by Crippen LogP contribution is 2.43. The lowest BCUT2D eigenvalue weighted by Gasteiger charge is -2.26. The molecule has 0 saturated carbocycles. The van der Waals surface area contributed by atoms with E-state index in [-0.39, 0.29) is 21.9 Å². The lowest BCUT2D eigenvalue weighted by atomic mass is 9.95. The molecule has 1 saturated heterocycles. The predicted octanol–water partition coefficient (Wildman–Crippen LogP) is 4.99. The van der Waals surface area contributed by atoms with Gasteiger partial charge in [0.25, 0.3) is 11.7 Å². The van der Waals surface area contributed by atoms with Crippen LogP contribution in [-0.4, -0.2) is 28.9 Å². The third-order valence-electron chi connectivity index (χ3n) is 5.66. The molecule has 2 heterocycles. The van der Waals surface area contributed by atoms with Crippen LogP contribution >= 0.6 is 11.6 Å². The number of carbonyl (C=O) groups is 2. The molecule has 0 spiro atoms. The fourth-order valence-corrected chi connectivity index (χ4v) is 4.00. The van der Waals surface area contributed by atoms with E-state index in [9.17, 15) is 14.7 Å². The SMILES string of the molecule is COc1ccc(Cl)c(/C(O)=C2\C(=O)C(=O)N(c3ccc(C)c(C)c3)C2c2ccncc2)c1. The maximum atomic E-state index is 13.2. The van der Waals surface area contributed by atoms with E-state index < -0.39 is 17.7 Å². The Bertz CT molecular complexity index is 1250. The maximum absolute atomic E-state index is 13.2. The number of amides is 1. The van der Waals surface area contributed by atoms with E-state index in [0.29, 0.717) is 17.0 Å². The average Bonchev–Trinajstić information content (AvgIpc) is 3.07. The topological polar surface area (TPSA) is 79.7 Å². The second-order valence-corrected chi connectivity index (χ2v) is 7.97. The van der Waals surface area contributed by atoms with Gasteiger partial charge in [-0.2, -0.15) is 0 Å². The summed E-state index contributed by atoms with van der Waals surface area (Å²) in [5.41, 5.74) is 3.41. The van der Waals surface area contributed by atoms with Crippen LogP contribution in [0.4, 0.5) is 5.69 Å². The van der Waals surface area contributed by atoms with E-state index in [1.54, 1.807) is 42.7 Å². The van der Waals surface area contributed by atoms with Crippen molar-refractivity contribution in [3.8, 4) is 5.75 Å². The van der Waals surface area contributed by atoms with Gasteiger partial charge in [-0.25, -0.2) is 0 Å². The molecular weight excluding hydrogens is 428 g/mol. The van der Waals surface area contributed by atoms with E-state index in [1.165, 1.54) is 18.1 Å². The first-order valence-electron chi connectivity index (χ1n) is 9.95. The van der Waals surface area contributed by atoms with Crippen molar-refractivity contribution < 1.29 is 19.4 Å². The van der Waals surface area contributed by atoms with Crippen LogP contribution in [0.15, 0.2) is 66.5 Å². The van der Waals surface area contributed by atoms with Crippen LogP contribution < -0.4 is 9.64 Å². The zero-order valence-electron chi connectivity index (χ0n) is 17.8. The number of nitrogens with zero attached hydrogens (tertiary/aromatic N) is 2. The summed E-state index contributed by atoms with van der Waals surface area (Å²) >= 11 is 6.33. The number of carbonyl (C=O) groups excluding carboxylic acids is 2. The summed E-state index contributed by atoms with van der Waals surface area (Å²) in [4.78, 5) is 31.8. The minimum absolute atomic E-state index is 0.0467. The monoisotopic (exact) mass is 448 g/mol. The molecule has 1 amide bonds. The molecule has 7 heteroatoms. The van der Waals surface area contributed by atoms with Crippen molar-refractivity contribution in [1.82, 2.24) is 4.98 Å². The Labute approximate surface area is 190 Å². The van der Waals surface area contributed by atoms with Gasteiger partial charge in [-0.1, -0.05) is 17.7 Å². The molecule has 4 rings (SSSR count). The van der Waals surface area contributed by atoms with Gasteiger partial charge in [0.2, 0.25) is 0 Å². The van der Waals surface area contributed by atoms with Crippen molar-refractivity contribution in [3.05, 3.63) is 93.8 Å². The number of halogens is 1. The molecule has 6 nitrogen and oxygen atoms in total. The van der Waals surface area contributed by atoms with Crippen LogP contribution in [0.2, 0.25) is 5.02 Å². The van der Waals surface area contributed by atoms with Crippen molar-refractivity contribution in [2.75, 3.05) is 12.0 Å². The largest absolute Gasteiger partial charge is 0.507 e. The second kappa shape index (κ2) is 8.48. The van der Waals surface area contributed by atoms with Crippen LogP contribution in [0.5, 0.6) is 5.75 Å². The van der Waals surface area contributed by atoms with Crippen molar-refractivity contribution in [2.45, 2.75) is 19.9 Å². The third kappa shape index (κ3) is 3.63. The summed E-state index contributed by atoms with van der Waals surface area (Å²) in [5, 5.41) is 11.5. The number of ether oxygens (including phenoxy) is 1. The molecule has 0 radical (unpaired) electrons. The number of aliphatic hydroxyl groups is 1. The number of pyridine rings is 1. The van der Waals surface area contributed by atoms with Crippen LogP contribution in [-0.2, 0) is 9.59 Å².